The zero-order valence-electron chi connectivity index (χ0n) is 14.5. The van der Waals surface area contributed by atoms with E-state index in [0.717, 1.165) is 33.4 Å². The molecule has 0 spiro atoms. The standard InChI is InChI=1S/C16H24Br2N2O2S2.ClH/c1-11-5-7-20(8-6-11)13-4-3-12(9-13)19(2)24(21,22)15-10-14(17)16(18)23-15;/h10-13H,3-9H2,1-2H3;1H. The van der Waals surface area contributed by atoms with E-state index in [1.807, 2.05) is 0 Å². The first-order valence-corrected chi connectivity index (χ1v) is 12.3. The molecule has 0 radical (unpaired) electrons. The van der Waals surface area contributed by atoms with Gasteiger partial charge in [0.25, 0.3) is 10.0 Å². The molecule has 1 aromatic heterocycles. The predicted octanol–water partition coefficient (Wildman–Crippen LogP) is 4.97. The molecule has 0 aromatic carbocycles. The van der Waals surface area contributed by atoms with E-state index in [4.69, 9.17) is 0 Å². The van der Waals surface area contributed by atoms with E-state index in [1.54, 1.807) is 17.4 Å². The summed E-state index contributed by atoms with van der Waals surface area (Å²) in [4.78, 5) is 2.58. The first-order valence-electron chi connectivity index (χ1n) is 8.46. The average molecular weight is 537 g/mol. The molecule has 2 unspecified atom stereocenters. The second kappa shape index (κ2) is 8.88. The first kappa shape index (κ1) is 22.1. The van der Waals surface area contributed by atoms with Crippen LogP contribution in [0.15, 0.2) is 18.5 Å². The van der Waals surface area contributed by atoms with Crippen LogP contribution in [0.5, 0.6) is 0 Å². The van der Waals surface area contributed by atoms with Crippen LogP contribution in [-0.4, -0.2) is 49.8 Å². The van der Waals surface area contributed by atoms with Crippen LogP contribution < -0.4 is 0 Å². The summed E-state index contributed by atoms with van der Waals surface area (Å²) in [5, 5.41) is 0. The van der Waals surface area contributed by atoms with Gasteiger partial charge < -0.3 is 4.90 Å². The molecular formula is C16H25Br2ClN2O2S2. The molecule has 3 rings (SSSR count). The number of hydrogen-bond acceptors (Lipinski definition) is 4. The van der Waals surface area contributed by atoms with Crippen LogP contribution in [0.2, 0.25) is 0 Å². The lowest BCUT2D eigenvalue weighted by Crippen LogP contribution is -2.41. The Kier molecular flexibility index (Phi) is 7.86. The molecule has 2 atom stereocenters. The Hall–Kier alpha value is 0.820. The van der Waals surface area contributed by atoms with Crippen LogP contribution in [0.4, 0.5) is 0 Å². The minimum absolute atomic E-state index is 0. The SMILES string of the molecule is CC1CCN(C2CCC(N(C)S(=O)(=O)c3cc(Br)c(Br)s3)C2)CC1.Cl. The summed E-state index contributed by atoms with van der Waals surface area (Å²) < 4.78 is 29.4. The van der Waals surface area contributed by atoms with E-state index in [9.17, 15) is 8.42 Å². The first-order chi connectivity index (χ1) is 11.3. The van der Waals surface area contributed by atoms with Gasteiger partial charge in [0.2, 0.25) is 0 Å². The Morgan fingerprint density at radius 2 is 1.84 bits per heavy atom. The number of likely N-dealkylation sites (tertiary alicyclic amines) is 1. The third kappa shape index (κ3) is 4.81. The van der Waals surface area contributed by atoms with E-state index >= 15 is 0 Å². The van der Waals surface area contributed by atoms with Crippen LogP contribution in [0.3, 0.4) is 0 Å². The van der Waals surface area contributed by atoms with Gasteiger partial charge in [-0.15, -0.1) is 23.7 Å². The Morgan fingerprint density at radius 1 is 1.20 bits per heavy atom. The molecule has 1 saturated carbocycles. The van der Waals surface area contributed by atoms with Gasteiger partial charge in [-0.3, -0.25) is 0 Å². The van der Waals surface area contributed by atoms with Crippen LogP contribution in [0.1, 0.15) is 39.0 Å². The van der Waals surface area contributed by atoms with Crippen molar-refractivity contribution in [1.82, 2.24) is 9.21 Å². The Morgan fingerprint density at radius 3 is 2.40 bits per heavy atom. The van der Waals surface area contributed by atoms with Crippen molar-refractivity contribution in [3.8, 4) is 0 Å². The summed E-state index contributed by atoms with van der Waals surface area (Å²) in [5.41, 5.74) is 0. The molecule has 0 bridgehead atoms. The van der Waals surface area contributed by atoms with Crippen LogP contribution in [-0.2, 0) is 10.0 Å². The van der Waals surface area contributed by atoms with Gasteiger partial charge in [-0.1, -0.05) is 6.92 Å². The number of halogens is 3. The maximum atomic E-state index is 12.9. The zero-order chi connectivity index (χ0) is 17.5. The summed E-state index contributed by atoms with van der Waals surface area (Å²) in [5.74, 6) is 0.831. The molecule has 4 nitrogen and oxygen atoms in total. The van der Waals surface area contributed by atoms with Gasteiger partial charge in [-0.05, 0) is 89.0 Å². The second-order valence-electron chi connectivity index (χ2n) is 7.05. The minimum Gasteiger partial charge on any atom is -0.300 e. The van der Waals surface area contributed by atoms with Crippen LogP contribution in [0.25, 0.3) is 0 Å². The largest absolute Gasteiger partial charge is 0.300 e. The summed E-state index contributed by atoms with van der Waals surface area (Å²) >= 11 is 8.04. The molecule has 25 heavy (non-hydrogen) atoms. The van der Waals surface area contributed by atoms with Gasteiger partial charge in [0.1, 0.15) is 4.21 Å². The molecular weight excluding hydrogens is 512 g/mol. The molecule has 0 amide bonds. The van der Waals surface area contributed by atoms with Crippen molar-refractivity contribution in [1.29, 1.82) is 0 Å². The molecule has 144 valence electrons. The highest BCUT2D eigenvalue weighted by molar-refractivity contribution is 9.13. The number of piperidine rings is 1. The molecule has 1 aliphatic heterocycles. The fraction of sp³-hybridized carbons (Fsp3) is 0.750. The average Bonchev–Trinajstić information content (AvgIpc) is 3.15. The molecule has 2 fully saturated rings. The third-order valence-electron chi connectivity index (χ3n) is 5.48. The number of thiophene rings is 1. The molecule has 1 aliphatic carbocycles. The second-order valence-corrected chi connectivity index (χ2v) is 12.5. The number of nitrogens with zero attached hydrogens (tertiary/aromatic N) is 2. The smallest absolute Gasteiger partial charge is 0.252 e. The molecule has 1 aromatic rings. The van der Waals surface area contributed by atoms with Crippen molar-refractivity contribution in [2.24, 2.45) is 5.92 Å². The van der Waals surface area contributed by atoms with Gasteiger partial charge >= 0.3 is 0 Å². The molecule has 2 aliphatic rings. The van der Waals surface area contributed by atoms with Crippen molar-refractivity contribution in [2.45, 2.75) is 55.3 Å². The molecule has 9 heteroatoms. The van der Waals surface area contributed by atoms with Gasteiger partial charge in [-0.2, -0.15) is 4.31 Å². The quantitative estimate of drug-likeness (QED) is 0.546. The van der Waals surface area contributed by atoms with Crippen molar-refractivity contribution in [3.05, 3.63) is 14.3 Å². The summed E-state index contributed by atoms with van der Waals surface area (Å²) in [7, 11) is -1.68. The normalized spacial score (nSPS) is 26.1. The highest BCUT2D eigenvalue weighted by Gasteiger charge is 2.37. The Balaban J connectivity index is 0.00000225. The summed E-state index contributed by atoms with van der Waals surface area (Å²) in [6.45, 7) is 4.66. The summed E-state index contributed by atoms with van der Waals surface area (Å²) in [6, 6.07) is 2.35. The van der Waals surface area contributed by atoms with E-state index in [1.165, 1.54) is 37.3 Å². The highest BCUT2D eigenvalue weighted by Crippen LogP contribution is 2.38. The van der Waals surface area contributed by atoms with E-state index < -0.39 is 10.0 Å². The minimum atomic E-state index is -3.41. The maximum Gasteiger partial charge on any atom is 0.252 e. The fourth-order valence-electron chi connectivity index (χ4n) is 3.78. The predicted molar refractivity (Wildman–Crippen MR) is 113 cm³/mol. The van der Waals surface area contributed by atoms with Crippen molar-refractivity contribution >= 4 is 65.6 Å². The number of sulfonamides is 1. The number of rotatable bonds is 4. The Labute approximate surface area is 178 Å². The number of hydrogen-bond donors (Lipinski definition) is 0. The van der Waals surface area contributed by atoms with Crippen molar-refractivity contribution in [3.63, 3.8) is 0 Å². The topological polar surface area (TPSA) is 40.6 Å². The van der Waals surface area contributed by atoms with Crippen LogP contribution in [0, 0.1) is 5.92 Å². The van der Waals surface area contributed by atoms with Gasteiger partial charge in [0.05, 0.1) is 3.79 Å². The fourth-order valence-corrected chi connectivity index (χ4v) is 8.18. The van der Waals surface area contributed by atoms with Gasteiger partial charge in [0.15, 0.2) is 0 Å². The van der Waals surface area contributed by atoms with Crippen molar-refractivity contribution in [2.75, 3.05) is 20.1 Å². The third-order valence-corrected chi connectivity index (χ3v) is 11.1. The lowest BCUT2D eigenvalue weighted by Gasteiger charge is -2.35. The zero-order valence-corrected chi connectivity index (χ0v) is 20.1. The molecule has 1 saturated heterocycles. The lowest BCUT2D eigenvalue weighted by molar-refractivity contribution is 0.136. The monoisotopic (exact) mass is 534 g/mol. The molecule has 0 N–H and O–H groups in total. The van der Waals surface area contributed by atoms with Crippen molar-refractivity contribution < 1.29 is 8.42 Å². The van der Waals surface area contributed by atoms with E-state index in [-0.39, 0.29) is 18.4 Å². The Bertz CT molecular complexity index is 671. The lowest BCUT2D eigenvalue weighted by atomic mass is 9.97. The highest BCUT2D eigenvalue weighted by atomic mass is 79.9. The van der Waals surface area contributed by atoms with E-state index in [0.29, 0.717) is 10.3 Å². The van der Waals surface area contributed by atoms with E-state index in [2.05, 4.69) is 43.7 Å². The van der Waals surface area contributed by atoms with Crippen LogP contribution >= 0.6 is 55.6 Å². The molecule has 2 heterocycles. The van der Waals surface area contributed by atoms with Gasteiger partial charge in [-0.25, -0.2) is 8.42 Å². The van der Waals surface area contributed by atoms with Gasteiger partial charge in [0, 0.05) is 23.6 Å². The maximum absolute atomic E-state index is 12.9. The summed E-state index contributed by atoms with van der Waals surface area (Å²) in [6.07, 6.45) is 5.56.